The summed E-state index contributed by atoms with van der Waals surface area (Å²) in [5, 5.41) is 3.13. The molecule has 0 fully saturated rings. The summed E-state index contributed by atoms with van der Waals surface area (Å²) in [7, 11) is 1.93. The van der Waals surface area contributed by atoms with Gasteiger partial charge in [0.15, 0.2) is 0 Å². The van der Waals surface area contributed by atoms with Crippen molar-refractivity contribution >= 4 is 0 Å². The third-order valence-corrected chi connectivity index (χ3v) is 3.46. The molecule has 0 amide bonds. The zero-order valence-electron chi connectivity index (χ0n) is 12.5. The van der Waals surface area contributed by atoms with Crippen LogP contribution in [-0.4, -0.2) is 17.0 Å². The monoisotopic (exact) mass is 257 g/mol. The Hall–Kier alpha value is -1.61. The van der Waals surface area contributed by atoms with E-state index in [0.29, 0.717) is 5.92 Å². The van der Waals surface area contributed by atoms with Gasteiger partial charge >= 0.3 is 0 Å². The molecule has 0 radical (unpaired) electrons. The van der Waals surface area contributed by atoms with Crippen LogP contribution in [0.15, 0.2) is 18.2 Å². The van der Waals surface area contributed by atoms with Crippen molar-refractivity contribution in [3.63, 3.8) is 0 Å². The van der Waals surface area contributed by atoms with Gasteiger partial charge in [-0.25, -0.2) is 4.98 Å². The number of rotatable bonds is 4. The van der Waals surface area contributed by atoms with Crippen LogP contribution in [-0.2, 0) is 6.54 Å². The van der Waals surface area contributed by atoms with Gasteiger partial charge in [0.05, 0.1) is 12.2 Å². The quantitative estimate of drug-likeness (QED) is 0.879. The van der Waals surface area contributed by atoms with E-state index in [4.69, 9.17) is 4.98 Å². The van der Waals surface area contributed by atoms with Crippen LogP contribution < -0.4 is 5.32 Å². The van der Waals surface area contributed by atoms with Gasteiger partial charge in [-0.1, -0.05) is 26.0 Å². The van der Waals surface area contributed by atoms with Crippen molar-refractivity contribution in [1.29, 1.82) is 0 Å². The maximum Gasteiger partial charge on any atom is 0.121 e. The third kappa shape index (κ3) is 2.87. The maximum absolute atomic E-state index is 4.71. The molecular weight excluding hydrogens is 234 g/mol. The summed E-state index contributed by atoms with van der Waals surface area (Å²) in [4.78, 5) is 8.06. The Morgan fingerprint density at radius 1 is 1.26 bits per heavy atom. The highest BCUT2D eigenvalue weighted by molar-refractivity contribution is 5.67. The summed E-state index contributed by atoms with van der Waals surface area (Å²) in [5.74, 6) is 1.53. The van der Waals surface area contributed by atoms with E-state index in [1.54, 1.807) is 0 Å². The maximum atomic E-state index is 4.71. The van der Waals surface area contributed by atoms with Gasteiger partial charge < -0.3 is 10.3 Å². The van der Waals surface area contributed by atoms with Gasteiger partial charge in [0.2, 0.25) is 0 Å². The van der Waals surface area contributed by atoms with E-state index < -0.39 is 0 Å². The number of aromatic nitrogens is 2. The first-order chi connectivity index (χ1) is 9.02. The van der Waals surface area contributed by atoms with Crippen LogP contribution in [0.1, 0.15) is 42.4 Å². The summed E-state index contributed by atoms with van der Waals surface area (Å²) in [5.41, 5.74) is 6.08. The van der Waals surface area contributed by atoms with Gasteiger partial charge in [0.25, 0.3) is 0 Å². The Morgan fingerprint density at radius 3 is 2.63 bits per heavy atom. The average Bonchev–Trinajstić information content (AvgIpc) is 2.71. The number of nitrogens with one attached hydrogen (secondary N) is 2. The smallest absolute Gasteiger partial charge is 0.121 e. The lowest BCUT2D eigenvalue weighted by molar-refractivity contribution is 0.770. The molecule has 1 heterocycles. The normalized spacial score (nSPS) is 11.3. The van der Waals surface area contributed by atoms with Gasteiger partial charge in [-0.05, 0) is 44.0 Å². The molecule has 0 saturated carbocycles. The molecule has 0 bridgehead atoms. The number of H-pyrrole nitrogens is 1. The number of hydrogen-bond donors (Lipinski definition) is 2. The van der Waals surface area contributed by atoms with Crippen LogP contribution in [0.3, 0.4) is 0 Å². The Balaban J connectivity index is 2.48. The standard InChI is InChI=1S/C16H23N3/c1-10(2)13-7-6-11(3)14(8-13)16-12(4)18-15(19-16)9-17-5/h6-8,10,17H,9H2,1-5H3,(H,18,19). The molecule has 3 heteroatoms. The lowest BCUT2D eigenvalue weighted by Crippen LogP contribution is -2.06. The second kappa shape index (κ2) is 5.57. The number of benzene rings is 1. The largest absolute Gasteiger partial charge is 0.344 e. The number of aryl methyl sites for hydroxylation is 2. The summed E-state index contributed by atoms with van der Waals surface area (Å²) in [6.07, 6.45) is 0. The van der Waals surface area contributed by atoms with Crippen LogP contribution in [0.25, 0.3) is 11.3 Å². The van der Waals surface area contributed by atoms with E-state index in [0.717, 1.165) is 23.8 Å². The molecule has 0 aliphatic carbocycles. The highest BCUT2D eigenvalue weighted by Gasteiger charge is 2.12. The van der Waals surface area contributed by atoms with Gasteiger partial charge in [-0.3, -0.25) is 0 Å². The van der Waals surface area contributed by atoms with Crippen LogP contribution in [0.5, 0.6) is 0 Å². The lowest BCUT2D eigenvalue weighted by atomic mass is 9.96. The molecule has 0 aliphatic rings. The van der Waals surface area contributed by atoms with Gasteiger partial charge in [0, 0.05) is 11.3 Å². The fraction of sp³-hybridized carbons (Fsp3) is 0.438. The number of nitrogens with zero attached hydrogens (tertiary/aromatic N) is 1. The minimum absolute atomic E-state index is 0.537. The Bertz CT molecular complexity index is 567. The van der Waals surface area contributed by atoms with E-state index in [2.05, 4.69) is 56.2 Å². The van der Waals surface area contributed by atoms with Crippen LogP contribution >= 0.6 is 0 Å². The first-order valence-electron chi connectivity index (χ1n) is 6.84. The van der Waals surface area contributed by atoms with Crippen molar-refractivity contribution in [3.8, 4) is 11.3 Å². The molecule has 0 unspecified atom stereocenters. The zero-order valence-corrected chi connectivity index (χ0v) is 12.5. The fourth-order valence-corrected chi connectivity index (χ4v) is 2.29. The zero-order chi connectivity index (χ0) is 14.0. The van der Waals surface area contributed by atoms with Crippen molar-refractivity contribution < 1.29 is 0 Å². The molecular formula is C16H23N3. The Labute approximate surface area is 115 Å². The van der Waals surface area contributed by atoms with Gasteiger partial charge in [-0.15, -0.1) is 0 Å². The van der Waals surface area contributed by atoms with E-state index in [1.165, 1.54) is 16.7 Å². The predicted molar refractivity (Wildman–Crippen MR) is 80.4 cm³/mol. The minimum atomic E-state index is 0.537. The van der Waals surface area contributed by atoms with Crippen LogP contribution in [0, 0.1) is 13.8 Å². The van der Waals surface area contributed by atoms with Crippen molar-refractivity contribution in [1.82, 2.24) is 15.3 Å². The fourth-order valence-electron chi connectivity index (χ4n) is 2.29. The Morgan fingerprint density at radius 2 is 2.00 bits per heavy atom. The summed E-state index contributed by atoms with van der Waals surface area (Å²) in [6.45, 7) is 9.44. The molecule has 3 nitrogen and oxygen atoms in total. The Kier molecular flexibility index (Phi) is 4.05. The highest BCUT2D eigenvalue weighted by atomic mass is 15.0. The molecule has 1 aromatic carbocycles. The second-order valence-corrected chi connectivity index (χ2v) is 5.42. The van der Waals surface area contributed by atoms with E-state index >= 15 is 0 Å². The SMILES string of the molecule is CNCc1nc(-c2cc(C(C)C)ccc2C)c(C)[nH]1. The van der Waals surface area contributed by atoms with Gasteiger partial charge in [-0.2, -0.15) is 0 Å². The molecule has 1 aromatic heterocycles. The molecule has 0 saturated heterocycles. The van der Waals surface area contributed by atoms with Crippen LogP contribution in [0.4, 0.5) is 0 Å². The minimum Gasteiger partial charge on any atom is -0.344 e. The molecule has 2 aromatic rings. The van der Waals surface area contributed by atoms with Crippen molar-refractivity contribution in [3.05, 3.63) is 40.8 Å². The molecule has 0 atom stereocenters. The topological polar surface area (TPSA) is 40.7 Å². The first kappa shape index (κ1) is 13.8. The third-order valence-electron chi connectivity index (χ3n) is 3.46. The van der Waals surface area contributed by atoms with Crippen molar-refractivity contribution in [2.45, 2.75) is 40.2 Å². The molecule has 0 aliphatic heterocycles. The molecule has 0 spiro atoms. The van der Waals surface area contributed by atoms with E-state index in [1.807, 2.05) is 7.05 Å². The molecule has 2 N–H and O–H groups in total. The predicted octanol–water partition coefficient (Wildman–Crippen LogP) is 3.54. The number of aromatic amines is 1. The first-order valence-corrected chi connectivity index (χ1v) is 6.84. The van der Waals surface area contributed by atoms with Crippen LogP contribution in [0.2, 0.25) is 0 Å². The summed E-state index contributed by atoms with van der Waals surface area (Å²) >= 11 is 0. The summed E-state index contributed by atoms with van der Waals surface area (Å²) < 4.78 is 0. The average molecular weight is 257 g/mol. The van der Waals surface area contributed by atoms with Crippen molar-refractivity contribution in [2.75, 3.05) is 7.05 Å². The molecule has 2 rings (SSSR count). The lowest BCUT2D eigenvalue weighted by Gasteiger charge is -2.10. The second-order valence-electron chi connectivity index (χ2n) is 5.42. The molecule has 102 valence electrons. The number of imidazole rings is 1. The summed E-state index contributed by atoms with van der Waals surface area (Å²) in [6, 6.07) is 6.67. The van der Waals surface area contributed by atoms with E-state index in [-0.39, 0.29) is 0 Å². The molecule has 19 heavy (non-hydrogen) atoms. The van der Waals surface area contributed by atoms with Crippen molar-refractivity contribution in [2.24, 2.45) is 0 Å². The van der Waals surface area contributed by atoms with E-state index in [9.17, 15) is 0 Å². The van der Waals surface area contributed by atoms with Gasteiger partial charge in [0.1, 0.15) is 5.82 Å². The highest BCUT2D eigenvalue weighted by Crippen LogP contribution is 2.28. The number of hydrogen-bond acceptors (Lipinski definition) is 2.